The van der Waals surface area contributed by atoms with Crippen LogP contribution < -0.4 is 15.8 Å². The van der Waals surface area contributed by atoms with Crippen LogP contribution in [0.25, 0.3) is 21.8 Å². The summed E-state index contributed by atoms with van der Waals surface area (Å²) in [6.07, 6.45) is 1.86. The van der Waals surface area contributed by atoms with Crippen LogP contribution in [0.15, 0.2) is 42.7 Å². The van der Waals surface area contributed by atoms with E-state index >= 15 is 0 Å². The van der Waals surface area contributed by atoms with Crippen LogP contribution in [0.2, 0.25) is 0 Å². The van der Waals surface area contributed by atoms with Crippen LogP contribution in [-0.2, 0) is 4.74 Å². The summed E-state index contributed by atoms with van der Waals surface area (Å²) in [6, 6.07) is 10.3. The van der Waals surface area contributed by atoms with Gasteiger partial charge in [0.25, 0.3) is 5.91 Å². The number of rotatable bonds is 4. The van der Waals surface area contributed by atoms with Gasteiger partial charge in [0.15, 0.2) is 11.3 Å². The molecule has 1 fully saturated rings. The summed E-state index contributed by atoms with van der Waals surface area (Å²) in [4.78, 5) is 50.2. The van der Waals surface area contributed by atoms with E-state index in [0.717, 1.165) is 12.8 Å². The molecule has 13 heteroatoms. The molecule has 42 heavy (non-hydrogen) atoms. The van der Waals surface area contributed by atoms with E-state index in [4.69, 9.17) is 15.2 Å². The minimum Gasteiger partial charge on any atom is -0.444 e. The number of ether oxygens (including phenoxy) is 2. The highest BCUT2D eigenvalue weighted by Crippen LogP contribution is 2.34. The van der Waals surface area contributed by atoms with E-state index in [9.17, 15) is 14.4 Å². The Bertz CT molecular complexity index is 1680. The average Bonchev–Trinajstić information content (AvgIpc) is 3.35. The van der Waals surface area contributed by atoms with Crippen molar-refractivity contribution in [3.63, 3.8) is 0 Å². The monoisotopic (exact) mass is 574 g/mol. The fourth-order valence-corrected chi connectivity index (χ4v) is 4.89. The number of nitrogen functional groups attached to an aromatic ring is 1. The minimum atomic E-state index is -0.619. The maximum absolute atomic E-state index is 13.7. The van der Waals surface area contributed by atoms with E-state index < -0.39 is 23.7 Å². The summed E-state index contributed by atoms with van der Waals surface area (Å²) in [5.74, 6) is -0.0308. The predicted octanol–water partition coefficient (Wildman–Crippen LogP) is 4.45. The maximum Gasteiger partial charge on any atom is 0.414 e. The molecule has 220 valence electrons. The van der Waals surface area contributed by atoms with Crippen molar-refractivity contribution >= 4 is 51.4 Å². The van der Waals surface area contributed by atoms with Crippen molar-refractivity contribution in [2.45, 2.75) is 45.3 Å². The molecule has 1 atom stereocenters. The lowest BCUT2D eigenvalue weighted by atomic mass is 10.1. The number of hydrogen-bond acceptors (Lipinski definition) is 9. The number of likely N-dealkylation sites (tertiary alicyclic amines) is 1. The van der Waals surface area contributed by atoms with E-state index in [1.807, 2.05) is 39.0 Å². The molecule has 2 aromatic heterocycles. The number of anilines is 2. The standard InChI is InChI=1S/C29H34N8O5/c1-29(2,3)42-28(40)36-14-8-9-17(15-36)37-25-22(24(30)31-16-32-25)23(34-37)26(38)33-20-12-13-21(41-27(39)35(4)5)19-11-7-6-10-18(19)20/h6-7,10-13,16-17H,8-9,14-15H2,1-5H3,(H,33,38)(H2,30,31,32)/t17-/m1/s1. The molecule has 0 unspecified atom stereocenters. The van der Waals surface area contributed by atoms with Crippen molar-refractivity contribution in [2.75, 3.05) is 38.2 Å². The number of nitrogens with one attached hydrogen (secondary N) is 1. The van der Waals surface area contributed by atoms with Crippen molar-refractivity contribution in [1.29, 1.82) is 0 Å². The fraction of sp³-hybridized carbons (Fsp3) is 0.379. The van der Waals surface area contributed by atoms with Gasteiger partial charge in [-0.15, -0.1) is 0 Å². The molecular formula is C29H34N8O5. The SMILES string of the molecule is CN(C)C(=O)Oc1ccc(NC(=O)c2nn([C@@H]3CCCN(C(=O)OC(C)(C)C)C3)c3ncnc(N)c23)c2ccccc12. The van der Waals surface area contributed by atoms with Crippen molar-refractivity contribution in [3.05, 3.63) is 48.4 Å². The van der Waals surface area contributed by atoms with Gasteiger partial charge >= 0.3 is 12.2 Å². The smallest absolute Gasteiger partial charge is 0.414 e. The summed E-state index contributed by atoms with van der Waals surface area (Å²) in [5.41, 5.74) is 6.57. The van der Waals surface area contributed by atoms with Crippen LogP contribution in [-0.4, -0.2) is 80.4 Å². The molecule has 13 nitrogen and oxygen atoms in total. The Morgan fingerprint density at radius 1 is 1.07 bits per heavy atom. The number of piperidine rings is 1. The first kappa shape index (κ1) is 28.6. The normalized spacial score (nSPS) is 15.5. The number of aromatic nitrogens is 4. The molecule has 3 amide bonds. The number of carbonyl (C=O) groups is 3. The van der Waals surface area contributed by atoms with Gasteiger partial charge in [-0.05, 0) is 45.7 Å². The zero-order valence-electron chi connectivity index (χ0n) is 24.2. The van der Waals surface area contributed by atoms with Crippen molar-refractivity contribution in [2.24, 2.45) is 0 Å². The molecule has 1 aliphatic heterocycles. The summed E-state index contributed by atoms with van der Waals surface area (Å²) in [6.45, 7) is 6.37. The summed E-state index contributed by atoms with van der Waals surface area (Å²) < 4.78 is 12.7. The van der Waals surface area contributed by atoms with Gasteiger partial charge in [0.1, 0.15) is 23.5 Å². The average molecular weight is 575 g/mol. The second-order valence-corrected chi connectivity index (χ2v) is 11.3. The fourth-order valence-electron chi connectivity index (χ4n) is 4.89. The highest BCUT2D eigenvalue weighted by atomic mass is 16.6. The molecule has 0 radical (unpaired) electrons. The lowest BCUT2D eigenvalue weighted by Gasteiger charge is -2.34. The van der Waals surface area contributed by atoms with Crippen LogP contribution in [0.5, 0.6) is 5.75 Å². The summed E-state index contributed by atoms with van der Waals surface area (Å²) in [7, 11) is 3.20. The van der Waals surface area contributed by atoms with Crippen LogP contribution in [0.3, 0.4) is 0 Å². The second kappa shape index (κ2) is 11.1. The lowest BCUT2D eigenvalue weighted by Crippen LogP contribution is -2.43. The first-order valence-electron chi connectivity index (χ1n) is 13.6. The third kappa shape index (κ3) is 5.76. The number of fused-ring (bicyclic) bond motifs is 2. The van der Waals surface area contributed by atoms with Gasteiger partial charge in [0.05, 0.1) is 11.4 Å². The Hall–Kier alpha value is -4.94. The number of nitrogens with two attached hydrogens (primary N) is 1. The van der Waals surface area contributed by atoms with Crippen molar-refractivity contribution in [1.82, 2.24) is 29.5 Å². The molecule has 3 heterocycles. The van der Waals surface area contributed by atoms with Gasteiger partial charge in [-0.1, -0.05) is 24.3 Å². The van der Waals surface area contributed by atoms with E-state index in [1.54, 1.807) is 41.9 Å². The van der Waals surface area contributed by atoms with Crippen LogP contribution >= 0.6 is 0 Å². The first-order valence-corrected chi connectivity index (χ1v) is 13.6. The van der Waals surface area contributed by atoms with Gasteiger partial charge in [-0.2, -0.15) is 5.10 Å². The zero-order valence-corrected chi connectivity index (χ0v) is 24.2. The van der Waals surface area contributed by atoms with Crippen LogP contribution in [0.4, 0.5) is 21.1 Å². The quantitative estimate of drug-likeness (QED) is 0.359. The topological polar surface area (TPSA) is 158 Å². The maximum atomic E-state index is 13.7. The second-order valence-electron chi connectivity index (χ2n) is 11.3. The van der Waals surface area contributed by atoms with Gasteiger partial charge in [0.2, 0.25) is 0 Å². The van der Waals surface area contributed by atoms with Gasteiger partial charge in [0, 0.05) is 43.6 Å². The summed E-state index contributed by atoms with van der Waals surface area (Å²) >= 11 is 0. The molecule has 2 aromatic carbocycles. The molecule has 0 aliphatic carbocycles. The Morgan fingerprint density at radius 2 is 1.81 bits per heavy atom. The molecule has 4 aromatic rings. The lowest BCUT2D eigenvalue weighted by molar-refractivity contribution is 0.0168. The van der Waals surface area contributed by atoms with Gasteiger partial charge in [-0.25, -0.2) is 24.2 Å². The molecule has 1 saturated heterocycles. The third-order valence-corrected chi connectivity index (χ3v) is 6.82. The molecule has 1 aliphatic rings. The Labute approximate surface area is 242 Å². The van der Waals surface area contributed by atoms with Crippen LogP contribution in [0, 0.1) is 0 Å². The molecule has 0 spiro atoms. The number of carbonyl (C=O) groups excluding carboxylic acids is 3. The Kier molecular flexibility index (Phi) is 7.59. The Balaban J connectivity index is 1.47. The zero-order chi connectivity index (χ0) is 30.2. The highest BCUT2D eigenvalue weighted by molar-refractivity contribution is 6.15. The number of hydrogen-bond donors (Lipinski definition) is 2. The number of nitrogens with zero attached hydrogens (tertiary/aromatic N) is 6. The molecule has 0 bridgehead atoms. The van der Waals surface area contributed by atoms with Gasteiger partial charge in [-0.3, -0.25) is 4.79 Å². The predicted molar refractivity (Wildman–Crippen MR) is 157 cm³/mol. The minimum absolute atomic E-state index is 0.0599. The van der Waals surface area contributed by atoms with E-state index in [2.05, 4.69) is 20.4 Å². The van der Waals surface area contributed by atoms with E-state index in [1.165, 1.54) is 11.2 Å². The molecule has 5 rings (SSSR count). The third-order valence-electron chi connectivity index (χ3n) is 6.82. The Morgan fingerprint density at radius 3 is 2.52 bits per heavy atom. The highest BCUT2D eigenvalue weighted by Gasteiger charge is 2.32. The molecular weight excluding hydrogens is 540 g/mol. The van der Waals surface area contributed by atoms with Crippen molar-refractivity contribution < 1.29 is 23.9 Å². The first-order chi connectivity index (χ1) is 19.9. The van der Waals surface area contributed by atoms with E-state index in [-0.39, 0.29) is 17.6 Å². The van der Waals surface area contributed by atoms with Crippen LogP contribution in [0.1, 0.15) is 50.1 Å². The number of amides is 3. The number of benzene rings is 2. The van der Waals surface area contributed by atoms with E-state index in [0.29, 0.717) is 46.3 Å². The molecule has 0 saturated carbocycles. The van der Waals surface area contributed by atoms with Gasteiger partial charge < -0.3 is 30.3 Å². The summed E-state index contributed by atoms with van der Waals surface area (Å²) in [5, 5.41) is 9.24. The molecule has 3 N–H and O–H groups in total. The van der Waals surface area contributed by atoms with Crippen molar-refractivity contribution in [3.8, 4) is 5.75 Å². The largest absolute Gasteiger partial charge is 0.444 e.